The molecule has 7 rings (SSSR count). The highest BCUT2D eigenvalue weighted by molar-refractivity contribution is 6.08. The van der Waals surface area contributed by atoms with Crippen LogP contribution in [0.4, 0.5) is 16.3 Å². The van der Waals surface area contributed by atoms with Gasteiger partial charge in [0, 0.05) is 86.7 Å². The summed E-state index contributed by atoms with van der Waals surface area (Å²) in [5.74, 6) is 0.357. The Morgan fingerprint density at radius 1 is 0.926 bits per heavy atom. The van der Waals surface area contributed by atoms with Crippen LogP contribution < -0.4 is 26.0 Å². The lowest BCUT2D eigenvalue weighted by molar-refractivity contribution is -0.120. The van der Waals surface area contributed by atoms with Crippen LogP contribution in [0.3, 0.4) is 0 Å². The van der Waals surface area contributed by atoms with Gasteiger partial charge in [-0.3, -0.25) is 39.2 Å². The van der Waals surface area contributed by atoms with Gasteiger partial charge in [0.05, 0.1) is 34.9 Å². The third kappa shape index (κ3) is 7.74. The minimum Gasteiger partial charge on any atom is -0.354 e. The van der Waals surface area contributed by atoms with Gasteiger partial charge in [0.1, 0.15) is 5.82 Å². The number of urea groups is 1. The van der Waals surface area contributed by atoms with E-state index in [1.165, 1.54) is 4.90 Å². The molecule has 0 spiro atoms. The Morgan fingerprint density at radius 3 is 2.43 bits per heavy atom. The van der Waals surface area contributed by atoms with Crippen molar-refractivity contribution in [3.63, 3.8) is 0 Å². The number of nitrogens with one attached hydrogen (secondary N) is 3. The van der Waals surface area contributed by atoms with Crippen LogP contribution in [0.2, 0.25) is 0 Å². The number of pyridine rings is 3. The number of aromatic nitrogens is 5. The first-order chi connectivity index (χ1) is 26.1. The lowest BCUT2D eigenvalue weighted by Gasteiger charge is -2.35. The Labute approximate surface area is 313 Å². The van der Waals surface area contributed by atoms with Gasteiger partial charge in [-0.05, 0) is 80.8 Å². The lowest BCUT2D eigenvalue weighted by atomic mass is 10.00. The first kappa shape index (κ1) is 36.5. The van der Waals surface area contributed by atoms with Crippen molar-refractivity contribution in [3.05, 3.63) is 99.5 Å². The molecule has 0 radical (unpaired) electrons. The highest BCUT2D eigenvalue weighted by Gasteiger charge is 2.25. The van der Waals surface area contributed by atoms with E-state index in [1.807, 2.05) is 54.2 Å². The van der Waals surface area contributed by atoms with Gasteiger partial charge >= 0.3 is 6.03 Å². The van der Waals surface area contributed by atoms with Crippen LogP contribution in [0.5, 0.6) is 0 Å². The fraction of sp³-hybridized carbons (Fsp3) is 0.375. The van der Waals surface area contributed by atoms with E-state index in [9.17, 15) is 19.2 Å². The molecule has 3 N–H and O–H groups in total. The van der Waals surface area contributed by atoms with Crippen molar-refractivity contribution in [2.24, 2.45) is 0 Å². The number of hydrogen-bond donors (Lipinski definition) is 3. The monoisotopic (exact) mass is 730 g/mol. The Bertz CT molecular complexity index is 2240. The molecule has 2 fully saturated rings. The maximum Gasteiger partial charge on any atom is 0.328 e. The van der Waals surface area contributed by atoms with E-state index in [2.05, 4.69) is 62.3 Å². The summed E-state index contributed by atoms with van der Waals surface area (Å²) in [7, 11) is 0. The quantitative estimate of drug-likeness (QED) is 0.175. The smallest absolute Gasteiger partial charge is 0.328 e. The Kier molecular flexibility index (Phi) is 10.5. The number of aromatic amines is 1. The molecule has 0 unspecified atom stereocenters. The van der Waals surface area contributed by atoms with Crippen molar-refractivity contribution in [2.45, 2.75) is 66.1 Å². The molecular formula is C40H46N10O4. The first-order valence-corrected chi connectivity index (χ1v) is 18.6. The van der Waals surface area contributed by atoms with Crippen molar-refractivity contribution < 1.29 is 14.4 Å². The van der Waals surface area contributed by atoms with Crippen molar-refractivity contribution in [2.75, 3.05) is 42.5 Å². The third-order valence-electron chi connectivity index (χ3n) is 10.1. The van der Waals surface area contributed by atoms with Gasteiger partial charge in [-0.2, -0.15) is 5.10 Å². The zero-order chi connectivity index (χ0) is 37.9. The van der Waals surface area contributed by atoms with Crippen LogP contribution >= 0.6 is 0 Å². The molecule has 4 aromatic heterocycles. The third-order valence-corrected chi connectivity index (χ3v) is 10.1. The number of carbonyl (C=O) groups excluding carboxylic acids is 3. The molecule has 0 atom stereocenters. The van der Waals surface area contributed by atoms with Crippen LogP contribution in [0.1, 0.15) is 72.5 Å². The van der Waals surface area contributed by atoms with E-state index in [1.54, 1.807) is 12.4 Å². The average Bonchev–Trinajstić information content (AvgIpc) is 3.60. The molecule has 2 aliphatic rings. The Hall–Kier alpha value is -5.89. The number of fused-ring (bicyclic) bond motifs is 1. The summed E-state index contributed by atoms with van der Waals surface area (Å²) in [6.45, 7) is 12.5. The van der Waals surface area contributed by atoms with Gasteiger partial charge in [0.2, 0.25) is 5.91 Å². The molecular weight excluding hydrogens is 685 g/mol. The van der Waals surface area contributed by atoms with Gasteiger partial charge < -0.3 is 15.2 Å². The standard InChI is InChI=1S/C40H46N10O4/c1-5-6-27-17-26(4)45-39(53)33(27)22-43-38(52)32-18-29(19-35-34(32)23-44-50(35)25(2)3)28-7-10-36(42-20-28)48-15-13-47(14-16-48)24-30-8-9-31(21-41-30)49-12-11-37(51)46-40(49)54/h7-10,17-21,23,25H,5-6,11-16,22,24H2,1-4H3,(H,43,52)(H,45,53)(H,46,51,54). The zero-order valence-corrected chi connectivity index (χ0v) is 31.2. The van der Waals surface area contributed by atoms with E-state index < -0.39 is 6.03 Å². The van der Waals surface area contributed by atoms with Crippen molar-refractivity contribution in [1.29, 1.82) is 0 Å². The molecule has 54 heavy (non-hydrogen) atoms. The number of H-pyrrole nitrogens is 1. The second-order valence-electron chi connectivity index (χ2n) is 14.3. The molecule has 0 bridgehead atoms. The molecule has 6 heterocycles. The zero-order valence-electron chi connectivity index (χ0n) is 31.2. The summed E-state index contributed by atoms with van der Waals surface area (Å²) in [5, 5.41) is 10.7. The minimum absolute atomic E-state index is 0.0848. The van der Waals surface area contributed by atoms with Gasteiger partial charge in [0.25, 0.3) is 11.5 Å². The van der Waals surface area contributed by atoms with Gasteiger partial charge in [-0.15, -0.1) is 0 Å². The number of aryl methyl sites for hydroxylation is 2. The van der Waals surface area contributed by atoms with E-state index in [0.717, 1.165) is 83.8 Å². The topological polar surface area (TPSA) is 161 Å². The summed E-state index contributed by atoms with van der Waals surface area (Å²) in [4.78, 5) is 68.8. The summed E-state index contributed by atoms with van der Waals surface area (Å²) in [6, 6.07) is 13.5. The Morgan fingerprint density at radius 2 is 1.74 bits per heavy atom. The largest absolute Gasteiger partial charge is 0.354 e. The molecule has 0 aliphatic carbocycles. The molecule has 280 valence electrons. The van der Waals surface area contributed by atoms with Gasteiger partial charge in [-0.1, -0.05) is 13.3 Å². The van der Waals surface area contributed by atoms with Crippen LogP contribution in [0, 0.1) is 6.92 Å². The summed E-state index contributed by atoms with van der Waals surface area (Å²) >= 11 is 0. The normalized spacial score (nSPS) is 15.3. The highest BCUT2D eigenvalue weighted by atomic mass is 16.2. The molecule has 0 saturated carbocycles. The second kappa shape index (κ2) is 15.6. The molecule has 2 aliphatic heterocycles. The summed E-state index contributed by atoms with van der Waals surface area (Å²) in [5.41, 5.74) is 6.83. The molecule has 1 aromatic carbocycles. The van der Waals surface area contributed by atoms with Crippen molar-refractivity contribution >= 4 is 40.3 Å². The molecule has 2 saturated heterocycles. The van der Waals surface area contributed by atoms with E-state index in [-0.39, 0.29) is 36.4 Å². The van der Waals surface area contributed by atoms with Crippen LogP contribution in [0.15, 0.2) is 65.8 Å². The van der Waals surface area contributed by atoms with Gasteiger partial charge in [-0.25, -0.2) is 9.78 Å². The SMILES string of the molecule is CCCc1cc(C)[nH]c(=O)c1CNC(=O)c1cc(-c2ccc(N3CCN(Cc4ccc(N5CCC(=O)NC5=O)cn4)CC3)nc2)cc2c1cnn2C(C)C. The maximum absolute atomic E-state index is 13.8. The number of nitrogens with zero attached hydrogens (tertiary/aromatic N) is 7. The molecule has 5 aromatic rings. The number of imide groups is 1. The predicted octanol–water partition coefficient (Wildman–Crippen LogP) is 4.72. The summed E-state index contributed by atoms with van der Waals surface area (Å²) < 4.78 is 1.92. The van der Waals surface area contributed by atoms with Crippen LogP contribution in [-0.2, 0) is 24.3 Å². The maximum atomic E-state index is 13.8. The average molecular weight is 731 g/mol. The van der Waals surface area contributed by atoms with E-state index in [0.29, 0.717) is 29.9 Å². The van der Waals surface area contributed by atoms with Gasteiger partial charge in [0.15, 0.2) is 0 Å². The van der Waals surface area contributed by atoms with Crippen molar-refractivity contribution in [3.8, 4) is 11.1 Å². The Balaban J connectivity index is 1.03. The van der Waals surface area contributed by atoms with E-state index >= 15 is 0 Å². The van der Waals surface area contributed by atoms with E-state index in [4.69, 9.17) is 4.98 Å². The number of carbonyl (C=O) groups is 3. The number of benzene rings is 1. The molecule has 14 heteroatoms. The molecule has 14 nitrogen and oxygen atoms in total. The number of piperazine rings is 1. The first-order valence-electron chi connectivity index (χ1n) is 18.6. The van der Waals surface area contributed by atoms with Crippen LogP contribution in [0.25, 0.3) is 22.0 Å². The minimum atomic E-state index is -0.416. The van der Waals surface area contributed by atoms with Crippen molar-refractivity contribution in [1.82, 2.24) is 40.3 Å². The summed E-state index contributed by atoms with van der Waals surface area (Å²) in [6.07, 6.45) is 7.21. The highest BCUT2D eigenvalue weighted by Crippen LogP contribution is 2.30. The number of rotatable bonds is 11. The number of anilines is 2. The molecule has 4 amide bonds. The lowest BCUT2D eigenvalue weighted by Crippen LogP contribution is -2.49. The van der Waals surface area contributed by atoms with Crippen LogP contribution in [-0.4, -0.2) is 80.2 Å². The predicted molar refractivity (Wildman–Crippen MR) is 208 cm³/mol. The second-order valence-corrected chi connectivity index (χ2v) is 14.3. The number of amides is 4. The number of hydrogen-bond acceptors (Lipinski definition) is 9. The fourth-order valence-corrected chi connectivity index (χ4v) is 7.23. The fourth-order valence-electron chi connectivity index (χ4n) is 7.23.